The third-order valence-corrected chi connectivity index (χ3v) is 5.62. The molecule has 6 nitrogen and oxygen atoms in total. The fraction of sp³-hybridized carbons (Fsp3) is 0.235. The lowest BCUT2D eigenvalue weighted by Crippen LogP contribution is -2.36. The Bertz CT molecular complexity index is 908. The molecule has 0 saturated heterocycles. The molecule has 0 radical (unpaired) electrons. The van der Waals surface area contributed by atoms with E-state index < -0.39 is 10.0 Å². The molecular weight excluding hydrogens is 522 g/mol. The first-order valence-electron chi connectivity index (χ1n) is 7.76. The summed E-state index contributed by atoms with van der Waals surface area (Å²) in [6.07, 6.45) is 0. The predicted octanol–water partition coefficient (Wildman–Crippen LogP) is 3.38. The molecule has 0 heterocycles. The number of hydrogen-bond donors (Lipinski definition) is 3. The van der Waals surface area contributed by atoms with Crippen LogP contribution in [-0.4, -0.2) is 28.5 Å². The van der Waals surface area contributed by atoms with Crippen LogP contribution >= 0.6 is 47.2 Å². The summed E-state index contributed by atoms with van der Waals surface area (Å²) in [6.45, 7) is 0.894. The summed E-state index contributed by atoms with van der Waals surface area (Å²) in [5.41, 5.74) is 1.70. The van der Waals surface area contributed by atoms with Crippen LogP contribution in [0.2, 0.25) is 10.0 Å². The fourth-order valence-electron chi connectivity index (χ4n) is 2.19. The summed E-state index contributed by atoms with van der Waals surface area (Å²) in [6, 6.07) is 12.0. The van der Waals surface area contributed by atoms with Gasteiger partial charge in [-0.05, 0) is 42.4 Å². The van der Waals surface area contributed by atoms with Crippen LogP contribution in [0.5, 0.6) is 0 Å². The number of guanidine groups is 1. The first-order chi connectivity index (χ1) is 12.4. The maximum Gasteiger partial charge on any atom is 0.240 e. The minimum absolute atomic E-state index is 0. The SMILES string of the molecule is CN=C(NCc1cccc(S(=O)(=O)NC)c1)NCc1ccc(Cl)cc1Cl.I. The van der Waals surface area contributed by atoms with Gasteiger partial charge in [-0.2, -0.15) is 0 Å². The van der Waals surface area contributed by atoms with Crippen molar-refractivity contribution in [3.63, 3.8) is 0 Å². The van der Waals surface area contributed by atoms with Crippen molar-refractivity contribution in [3.05, 3.63) is 63.6 Å². The number of hydrogen-bond acceptors (Lipinski definition) is 3. The average molecular weight is 543 g/mol. The molecule has 0 saturated carbocycles. The zero-order chi connectivity index (χ0) is 19.2. The largest absolute Gasteiger partial charge is 0.352 e. The number of nitrogens with one attached hydrogen (secondary N) is 3. The molecular formula is C17H21Cl2IN4O2S. The lowest BCUT2D eigenvalue weighted by molar-refractivity contribution is 0.588. The summed E-state index contributed by atoms with van der Waals surface area (Å²) < 4.78 is 26.0. The van der Waals surface area contributed by atoms with E-state index in [-0.39, 0.29) is 28.9 Å². The molecule has 148 valence electrons. The molecule has 10 heteroatoms. The number of sulfonamides is 1. The van der Waals surface area contributed by atoms with Crippen molar-refractivity contribution in [1.29, 1.82) is 0 Å². The molecule has 0 aliphatic heterocycles. The maximum atomic E-state index is 11.9. The van der Waals surface area contributed by atoms with Gasteiger partial charge in [-0.15, -0.1) is 24.0 Å². The van der Waals surface area contributed by atoms with Crippen LogP contribution in [0.1, 0.15) is 11.1 Å². The highest BCUT2D eigenvalue weighted by atomic mass is 127. The molecule has 0 fully saturated rings. The van der Waals surface area contributed by atoms with Gasteiger partial charge in [0.2, 0.25) is 10.0 Å². The molecule has 0 amide bonds. The Hall–Kier alpha value is -1.07. The molecule has 0 aliphatic carbocycles. The lowest BCUT2D eigenvalue weighted by Gasteiger charge is -2.13. The van der Waals surface area contributed by atoms with Gasteiger partial charge in [0.05, 0.1) is 4.90 Å². The van der Waals surface area contributed by atoms with E-state index in [1.165, 1.54) is 7.05 Å². The lowest BCUT2D eigenvalue weighted by atomic mass is 10.2. The van der Waals surface area contributed by atoms with Gasteiger partial charge in [-0.1, -0.05) is 41.4 Å². The van der Waals surface area contributed by atoms with Crippen LogP contribution in [0, 0.1) is 0 Å². The molecule has 2 aromatic rings. The Morgan fingerprint density at radius 3 is 2.41 bits per heavy atom. The van der Waals surface area contributed by atoms with E-state index >= 15 is 0 Å². The molecule has 0 bridgehead atoms. The third kappa shape index (κ3) is 7.11. The highest BCUT2D eigenvalue weighted by Gasteiger charge is 2.11. The molecule has 3 N–H and O–H groups in total. The minimum atomic E-state index is -3.47. The average Bonchev–Trinajstić information content (AvgIpc) is 2.63. The topological polar surface area (TPSA) is 82.6 Å². The molecule has 27 heavy (non-hydrogen) atoms. The Labute approximate surface area is 186 Å². The summed E-state index contributed by atoms with van der Waals surface area (Å²) in [7, 11) is -0.432. The molecule has 0 aliphatic rings. The van der Waals surface area contributed by atoms with Crippen molar-refractivity contribution in [2.24, 2.45) is 4.99 Å². The Kier molecular flexibility index (Phi) is 9.82. The van der Waals surface area contributed by atoms with Crippen molar-refractivity contribution in [3.8, 4) is 0 Å². The number of aliphatic imine (C=N–C) groups is 1. The second-order valence-corrected chi connectivity index (χ2v) is 8.10. The van der Waals surface area contributed by atoms with E-state index in [1.807, 2.05) is 12.1 Å². The third-order valence-electron chi connectivity index (χ3n) is 3.62. The van der Waals surface area contributed by atoms with Crippen LogP contribution in [0.15, 0.2) is 52.4 Å². The summed E-state index contributed by atoms with van der Waals surface area (Å²) >= 11 is 12.0. The normalized spacial score (nSPS) is 11.6. The standard InChI is InChI=1S/C17H20Cl2N4O2S.HI/c1-20-17(23-11-13-6-7-14(18)9-16(13)19)22-10-12-4-3-5-15(8-12)26(24,25)21-2;/h3-9,21H,10-11H2,1-2H3,(H2,20,22,23);1H. The summed E-state index contributed by atoms with van der Waals surface area (Å²) in [4.78, 5) is 4.37. The Morgan fingerprint density at radius 2 is 1.78 bits per heavy atom. The fourth-order valence-corrected chi connectivity index (χ4v) is 3.47. The quantitative estimate of drug-likeness (QED) is 0.297. The van der Waals surface area contributed by atoms with Crippen LogP contribution in [0.3, 0.4) is 0 Å². The van der Waals surface area contributed by atoms with Crippen molar-refractivity contribution in [2.75, 3.05) is 14.1 Å². The molecule has 0 unspecified atom stereocenters. The Morgan fingerprint density at radius 1 is 1.07 bits per heavy atom. The number of halogens is 3. The van der Waals surface area contributed by atoms with Gasteiger partial charge in [0, 0.05) is 30.2 Å². The maximum absolute atomic E-state index is 11.9. The van der Waals surface area contributed by atoms with Gasteiger partial charge in [0.1, 0.15) is 0 Å². The van der Waals surface area contributed by atoms with Crippen molar-refractivity contribution in [1.82, 2.24) is 15.4 Å². The zero-order valence-electron chi connectivity index (χ0n) is 14.8. The Balaban J connectivity index is 0.00000364. The second-order valence-electron chi connectivity index (χ2n) is 5.37. The van der Waals surface area contributed by atoms with Crippen molar-refractivity contribution >= 4 is 63.2 Å². The number of rotatable bonds is 6. The van der Waals surface area contributed by atoms with Gasteiger partial charge in [0.15, 0.2) is 5.96 Å². The van der Waals surface area contributed by atoms with E-state index in [4.69, 9.17) is 23.2 Å². The molecule has 2 aromatic carbocycles. The summed E-state index contributed by atoms with van der Waals surface area (Å²) in [5.74, 6) is 0.567. The molecule has 0 spiro atoms. The second kappa shape index (κ2) is 11.1. The van der Waals surface area contributed by atoms with Crippen LogP contribution in [0.4, 0.5) is 0 Å². The highest BCUT2D eigenvalue weighted by molar-refractivity contribution is 14.0. The van der Waals surface area contributed by atoms with Gasteiger partial charge in [0.25, 0.3) is 0 Å². The van der Waals surface area contributed by atoms with Crippen LogP contribution < -0.4 is 15.4 Å². The van der Waals surface area contributed by atoms with Gasteiger partial charge >= 0.3 is 0 Å². The van der Waals surface area contributed by atoms with Crippen molar-refractivity contribution in [2.45, 2.75) is 18.0 Å². The minimum Gasteiger partial charge on any atom is -0.352 e. The van der Waals surface area contributed by atoms with E-state index in [0.717, 1.165) is 11.1 Å². The van der Waals surface area contributed by atoms with E-state index in [2.05, 4.69) is 20.3 Å². The number of benzene rings is 2. The monoisotopic (exact) mass is 542 g/mol. The first kappa shape index (κ1) is 24.0. The summed E-state index contributed by atoms with van der Waals surface area (Å²) in [5, 5.41) is 7.45. The number of nitrogens with zero attached hydrogens (tertiary/aromatic N) is 1. The van der Waals surface area contributed by atoms with Gasteiger partial charge in [-0.3, -0.25) is 4.99 Å². The smallest absolute Gasteiger partial charge is 0.240 e. The predicted molar refractivity (Wildman–Crippen MR) is 122 cm³/mol. The molecule has 0 aromatic heterocycles. The molecule has 0 atom stereocenters. The molecule has 2 rings (SSSR count). The van der Waals surface area contributed by atoms with Gasteiger partial charge < -0.3 is 10.6 Å². The van der Waals surface area contributed by atoms with E-state index in [0.29, 0.717) is 29.1 Å². The first-order valence-corrected chi connectivity index (χ1v) is 10.0. The van der Waals surface area contributed by atoms with Crippen LogP contribution in [-0.2, 0) is 23.1 Å². The van der Waals surface area contributed by atoms with E-state index in [9.17, 15) is 8.42 Å². The highest BCUT2D eigenvalue weighted by Crippen LogP contribution is 2.20. The van der Waals surface area contributed by atoms with Crippen LogP contribution in [0.25, 0.3) is 0 Å². The van der Waals surface area contributed by atoms with E-state index in [1.54, 1.807) is 37.4 Å². The van der Waals surface area contributed by atoms with Crippen molar-refractivity contribution < 1.29 is 8.42 Å². The van der Waals surface area contributed by atoms with Gasteiger partial charge in [-0.25, -0.2) is 13.1 Å². The zero-order valence-corrected chi connectivity index (χ0v) is 19.5.